The first-order chi connectivity index (χ1) is 12.1. The lowest BCUT2D eigenvalue weighted by Crippen LogP contribution is -2.35. The minimum atomic E-state index is -0.262. The number of amides is 1. The van der Waals surface area contributed by atoms with Crippen LogP contribution in [0, 0.1) is 12.7 Å². The average Bonchev–Trinajstić information content (AvgIpc) is 2.99. The van der Waals surface area contributed by atoms with Crippen LogP contribution in [0.15, 0.2) is 24.3 Å². The van der Waals surface area contributed by atoms with Crippen molar-refractivity contribution in [3.8, 4) is 0 Å². The number of halogens is 2. The Bertz CT molecular complexity index is 745. The second kappa shape index (κ2) is 9.09. The van der Waals surface area contributed by atoms with Crippen molar-refractivity contribution in [3.63, 3.8) is 0 Å². The highest BCUT2D eigenvalue weighted by molar-refractivity contribution is 5.93. The van der Waals surface area contributed by atoms with Crippen molar-refractivity contribution < 1.29 is 9.18 Å². The lowest BCUT2D eigenvalue weighted by Gasteiger charge is -2.23. The first-order valence-corrected chi connectivity index (χ1v) is 8.73. The molecule has 2 N–H and O–H groups in total. The molecule has 2 heterocycles. The molecule has 1 amide bonds. The van der Waals surface area contributed by atoms with Gasteiger partial charge in [0.05, 0.1) is 11.7 Å². The lowest BCUT2D eigenvalue weighted by molar-refractivity contribution is 0.0934. The number of hydrogen-bond donors (Lipinski definition) is 2. The summed E-state index contributed by atoms with van der Waals surface area (Å²) in [5.41, 5.74) is 1.71. The number of hydrogen-bond acceptors (Lipinski definition) is 4. The topological polar surface area (TPSA) is 71.8 Å². The molecule has 1 unspecified atom stereocenters. The van der Waals surface area contributed by atoms with Gasteiger partial charge in [-0.05, 0) is 57.8 Å². The van der Waals surface area contributed by atoms with Crippen LogP contribution in [-0.4, -0.2) is 40.0 Å². The summed E-state index contributed by atoms with van der Waals surface area (Å²) >= 11 is 0. The van der Waals surface area contributed by atoms with Gasteiger partial charge in [-0.2, -0.15) is 0 Å². The first-order valence-electron chi connectivity index (χ1n) is 8.73. The summed E-state index contributed by atoms with van der Waals surface area (Å²) in [6.45, 7) is 5.63. The van der Waals surface area contributed by atoms with Gasteiger partial charge in [0.25, 0.3) is 5.91 Å². The van der Waals surface area contributed by atoms with Gasteiger partial charge in [-0.1, -0.05) is 23.4 Å². The number of piperidine rings is 1. The molecule has 1 aromatic carbocycles. The van der Waals surface area contributed by atoms with Gasteiger partial charge < -0.3 is 10.6 Å². The van der Waals surface area contributed by atoms with E-state index in [9.17, 15) is 9.18 Å². The molecule has 0 aliphatic carbocycles. The maximum Gasteiger partial charge on any atom is 0.273 e. The van der Waals surface area contributed by atoms with E-state index in [0.717, 1.165) is 31.6 Å². The molecule has 0 bridgehead atoms. The summed E-state index contributed by atoms with van der Waals surface area (Å²) in [5.74, 6) is -0.516. The quantitative estimate of drug-likeness (QED) is 0.834. The van der Waals surface area contributed by atoms with E-state index in [-0.39, 0.29) is 36.2 Å². The molecular formula is C18H25ClFN5O. The first kappa shape index (κ1) is 20.3. The Morgan fingerprint density at radius 1 is 1.38 bits per heavy atom. The molecule has 26 heavy (non-hydrogen) atoms. The molecule has 3 rings (SSSR count). The van der Waals surface area contributed by atoms with Crippen molar-refractivity contribution in [1.82, 2.24) is 25.6 Å². The fraction of sp³-hybridized carbons (Fsp3) is 0.500. The standard InChI is InChI=1S/C18H24FN5O.ClH/c1-12(11-14-5-3-4-6-16(14)19)21-18(25)17-13(2)24(23-22-17)15-7-9-20-10-8-15;/h3-6,12,15,20H,7-11H2,1-2H3,(H,21,25);1H. The summed E-state index contributed by atoms with van der Waals surface area (Å²) in [7, 11) is 0. The molecule has 1 aliphatic heterocycles. The van der Waals surface area contributed by atoms with Crippen LogP contribution >= 0.6 is 12.4 Å². The number of rotatable bonds is 5. The molecule has 1 aliphatic rings. The molecule has 0 saturated carbocycles. The van der Waals surface area contributed by atoms with Crippen molar-refractivity contribution in [1.29, 1.82) is 0 Å². The zero-order valence-corrected chi connectivity index (χ0v) is 15.9. The van der Waals surface area contributed by atoms with Crippen LogP contribution in [0.3, 0.4) is 0 Å². The van der Waals surface area contributed by atoms with Gasteiger partial charge in [-0.15, -0.1) is 17.5 Å². The van der Waals surface area contributed by atoms with Gasteiger partial charge in [-0.3, -0.25) is 4.79 Å². The van der Waals surface area contributed by atoms with E-state index < -0.39 is 0 Å². The van der Waals surface area contributed by atoms with Crippen LogP contribution in [-0.2, 0) is 6.42 Å². The maximum atomic E-state index is 13.7. The molecule has 0 spiro atoms. The molecule has 142 valence electrons. The van der Waals surface area contributed by atoms with Crippen molar-refractivity contribution >= 4 is 18.3 Å². The maximum absolute atomic E-state index is 13.7. The monoisotopic (exact) mass is 381 g/mol. The summed E-state index contributed by atoms with van der Waals surface area (Å²) in [4.78, 5) is 12.5. The Kier molecular flexibility index (Phi) is 7.11. The van der Waals surface area contributed by atoms with Crippen molar-refractivity contribution in [2.75, 3.05) is 13.1 Å². The Balaban J connectivity index is 0.00000243. The highest BCUT2D eigenvalue weighted by Crippen LogP contribution is 2.20. The summed E-state index contributed by atoms with van der Waals surface area (Å²) in [6.07, 6.45) is 2.39. The summed E-state index contributed by atoms with van der Waals surface area (Å²) in [6, 6.07) is 6.70. The zero-order valence-electron chi connectivity index (χ0n) is 15.0. The highest BCUT2D eigenvalue weighted by atomic mass is 35.5. The third kappa shape index (κ3) is 4.59. The van der Waals surface area contributed by atoms with Gasteiger partial charge in [0, 0.05) is 6.04 Å². The van der Waals surface area contributed by atoms with Crippen LogP contribution in [0.4, 0.5) is 4.39 Å². The predicted octanol–water partition coefficient (Wildman–Crippen LogP) is 2.43. The Morgan fingerprint density at radius 2 is 2.08 bits per heavy atom. The average molecular weight is 382 g/mol. The fourth-order valence-electron chi connectivity index (χ4n) is 3.29. The van der Waals surface area contributed by atoms with E-state index in [4.69, 9.17) is 0 Å². The van der Waals surface area contributed by atoms with Gasteiger partial charge >= 0.3 is 0 Å². The fourth-order valence-corrected chi connectivity index (χ4v) is 3.29. The second-order valence-electron chi connectivity index (χ2n) is 6.62. The van der Waals surface area contributed by atoms with Gasteiger partial charge in [0.1, 0.15) is 5.82 Å². The second-order valence-corrected chi connectivity index (χ2v) is 6.62. The van der Waals surface area contributed by atoms with Crippen LogP contribution < -0.4 is 10.6 Å². The number of aromatic nitrogens is 3. The number of carbonyl (C=O) groups excluding carboxylic acids is 1. The third-order valence-electron chi connectivity index (χ3n) is 4.66. The van der Waals surface area contributed by atoms with Gasteiger partial charge in [0.2, 0.25) is 0 Å². The van der Waals surface area contributed by atoms with Crippen LogP contribution in [0.2, 0.25) is 0 Å². The summed E-state index contributed by atoms with van der Waals surface area (Å²) < 4.78 is 15.6. The minimum Gasteiger partial charge on any atom is -0.348 e. The number of nitrogens with zero attached hydrogens (tertiary/aromatic N) is 3. The molecule has 1 saturated heterocycles. The number of nitrogens with one attached hydrogen (secondary N) is 2. The molecule has 0 radical (unpaired) electrons. The SMILES string of the molecule is Cc1c(C(=O)NC(C)Cc2ccccc2F)nnn1C1CCNCC1.Cl. The van der Waals surface area contributed by atoms with E-state index in [2.05, 4.69) is 20.9 Å². The third-order valence-corrected chi connectivity index (χ3v) is 4.66. The van der Waals surface area contributed by atoms with Crippen molar-refractivity contribution in [3.05, 3.63) is 47.0 Å². The molecule has 8 heteroatoms. The van der Waals surface area contributed by atoms with E-state index in [0.29, 0.717) is 17.7 Å². The van der Waals surface area contributed by atoms with Gasteiger partial charge in [-0.25, -0.2) is 9.07 Å². The molecule has 1 fully saturated rings. The Labute approximate surface area is 159 Å². The Hall–Kier alpha value is -1.99. The van der Waals surface area contributed by atoms with E-state index in [1.54, 1.807) is 18.2 Å². The van der Waals surface area contributed by atoms with Crippen LogP contribution in [0.5, 0.6) is 0 Å². The van der Waals surface area contributed by atoms with E-state index in [1.165, 1.54) is 6.07 Å². The van der Waals surface area contributed by atoms with Gasteiger partial charge in [0.15, 0.2) is 5.69 Å². The zero-order chi connectivity index (χ0) is 17.8. The van der Waals surface area contributed by atoms with Crippen LogP contribution in [0.25, 0.3) is 0 Å². The molecule has 1 aromatic heterocycles. The molecule has 6 nitrogen and oxygen atoms in total. The van der Waals surface area contributed by atoms with Crippen molar-refractivity contribution in [2.45, 2.75) is 45.2 Å². The van der Waals surface area contributed by atoms with E-state index in [1.807, 2.05) is 18.5 Å². The molecule has 2 aromatic rings. The van der Waals surface area contributed by atoms with Crippen LogP contribution in [0.1, 0.15) is 47.6 Å². The predicted molar refractivity (Wildman–Crippen MR) is 100 cm³/mol. The molecular weight excluding hydrogens is 357 g/mol. The summed E-state index contributed by atoms with van der Waals surface area (Å²) in [5, 5.41) is 14.5. The highest BCUT2D eigenvalue weighted by Gasteiger charge is 2.23. The minimum absolute atomic E-state index is 0. The number of benzene rings is 1. The Morgan fingerprint density at radius 3 is 2.77 bits per heavy atom. The largest absolute Gasteiger partial charge is 0.348 e. The van der Waals surface area contributed by atoms with E-state index >= 15 is 0 Å². The lowest BCUT2D eigenvalue weighted by atomic mass is 10.1. The smallest absolute Gasteiger partial charge is 0.273 e. The molecule has 1 atom stereocenters. The normalized spacial score (nSPS) is 16.0. The van der Waals surface area contributed by atoms with Crippen molar-refractivity contribution in [2.24, 2.45) is 0 Å². The number of carbonyl (C=O) groups is 1.